The third-order valence-corrected chi connectivity index (χ3v) is 3.03. The molecule has 1 aliphatic rings. The zero-order valence-electron chi connectivity index (χ0n) is 11.3. The van der Waals surface area contributed by atoms with Crippen molar-refractivity contribution in [2.45, 2.75) is 19.0 Å². The van der Waals surface area contributed by atoms with Gasteiger partial charge in [-0.1, -0.05) is 6.07 Å². The number of hydrogen-bond acceptors (Lipinski definition) is 4. The van der Waals surface area contributed by atoms with E-state index in [0.717, 1.165) is 5.56 Å². The molecule has 1 aromatic rings. The third kappa shape index (κ3) is 2.96. The number of nitrogens with one attached hydrogen (secondary N) is 1. The molecule has 0 fully saturated rings. The summed E-state index contributed by atoms with van der Waals surface area (Å²) >= 11 is 0. The molecule has 3 N–H and O–H groups in total. The Balaban J connectivity index is 2.20. The summed E-state index contributed by atoms with van der Waals surface area (Å²) in [4.78, 5) is 15.5. The van der Waals surface area contributed by atoms with Crippen molar-refractivity contribution >= 4 is 12.1 Å². The first-order valence-corrected chi connectivity index (χ1v) is 6.09. The molecular formula is C14H16FN3O2. The van der Waals surface area contributed by atoms with Crippen LogP contribution in [0.1, 0.15) is 12.5 Å². The molecule has 0 radical (unpaired) electrons. The Morgan fingerprint density at radius 1 is 1.55 bits per heavy atom. The number of rotatable bonds is 4. The maximum Gasteiger partial charge on any atom is 0.264 e. The third-order valence-electron chi connectivity index (χ3n) is 3.03. The Bertz CT molecular complexity index is 598. The van der Waals surface area contributed by atoms with Crippen LogP contribution in [-0.4, -0.2) is 24.9 Å². The van der Waals surface area contributed by atoms with Gasteiger partial charge in [-0.2, -0.15) is 0 Å². The summed E-state index contributed by atoms with van der Waals surface area (Å²) in [5.41, 5.74) is 5.68. The molecule has 1 unspecified atom stereocenters. The Labute approximate surface area is 116 Å². The number of hydrogen-bond donors (Lipinski definition) is 2. The summed E-state index contributed by atoms with van der Waals surface area (Å²) in [5, 5.41) is 2.98. The molecule has 1 atom stereocenters. The van der Waals surface area contributed by atoms with Gasteiger partial charge in [0.25, 0.3) is 5.91 Å². The predicted molar refractivity (Wildman–Crippen MR) is 74.0 cm³/mol. The smallest absolute Gasteiger partial charge is 0.264 e. The van der Waals surface area contributed by atoms with Gasteiger partial charge in [-0.25, -0.2) is 4.39 Å². The Morgan fingerprint density at radius 3 is 2.95 bits per heavy atom. The standard InChI is InChI=1S/C14H16FN3O2/c1-14(17-6-5-11(18-14)13(16)19)8-9-3-4-10(15)12(7-9)20-2/h3-7,18H,8H2,1-2H3,(H2,16,19). The summed E-state index contributed by atoms with van der Waals surface area (Å²) in [5.74, 6) is -0.783. The molecule has 0 aliphatic carbocycles. The molecule has 1 aliphatic heterocycles. The summed E-state index contributed by atoms with van der Waals surface area (Å²) in [6, 6.07) is 4.61. The van der Waals surface area contributed by atoms with Crippen LogP contribution in [0.15, 0.2) is 35.0 Å². The van der Waals surface area contributed by atoms with Crippen molar-refractivity contribution < 1.29 is 13.9 Å². The maximum absolute atomic E-state index is 13.4. The van der Waals surface area contributed by atoms with E-state index in [1.165, 1.54) is 25.5 Å². The van der Waals surface area contributed by atoms with Gasteiger partial charge in [0.2, 0.25) is 0 Å². The monoisotopic (exact) mass is 277 g/mol. The van der Waals surface area contributed by atoms with E-state index in [-0.39, 0.29) is 5.75 Å². The van der Waals surface area contributed by atoms with Crippen molar-refractivity contribution in [2.75, 3.05) is 7.11 Å². The van der Waals surface area contributed by atoms with Crippen molar-refractivity contribution in [2.24, 2.45) is 10.7 Å². The van der Waals surface area contributed by atoms with Crippen LogP contribution in [0, 0.1) is 5.82 Å². The average Bonchev–Trinajstić information content (AvgIpc) is 2.40. The van der Waals surface area contributed by atoms with Gasteiger partial charge >= 0.3 is 0 Å². The fraction of sp³-hybridized carbons (Fsp3) is 0.286. The zero-order valence-corrected chi connectivity index (χ0v) is 11.3. The number of nitrogens with two attached hydrogens (primary N) is 1. The van der Waals surface area contributed by atoms with E-state index in [1.54, 1.807) is 12.1 Å². The van der Waals surface area contributed by atoms with E-state index in [2.05, 4.69) is 10.3 Å². The van der Waals surface area contributed by atoms with E-state index >= 15 is 0 Å². The first-order valence-electron chi connectivity index (χ1n) is 6.09. The highest BCUT2D eigenvalue weighted by Crippen LogP contribution is 2.23. The number of benzene rings is 1. The first kappa shape index (κ1) is 14.0. The van der Waals surface area contributed by atoms with Gasteiger partial charge in [0.1, 0.15) is 11.4 Å². The SMILES string of the molecule is COc1cc(CC2(C)N=CC=C(C(N)=O)N2)ccc1F. The Kier molecular flexibility index (Phi) is 3.74. The van der Waals surface area contributed by atoms with Gasteiger partial charge in [-0.05, 0) is 30.7 Å². The van der Waals surface area contributed by atoms with Crippen LogP contribution in [0.4, 0.5) is 4.39 Å². The molecular weight excluding hydrogens is 261 g/mol. The molecule has 1 aromatic carbocycles. The lowest BCUT2D eigenvalue weighted by atomic mass is 10.00. The number of allylic oxidation sites excluding steroid dienone is 1. The van der Waals surface area contributed by atoms with Crippen molar-refractivity contribution in [1.82, 2.24) is 5.32 Å². The van der Waals surface area contributed by atoms with E-state index in [1.807, 2.05) is 6.92 Å². The number of carbonyl (C=O) groups excluding carboxylic acids is 1. The molecule has 0 saturated heterocycles. The van der Waals surface area contributed by atoms with Crippen molar-refractivity contribution in [3.63, 3.8) is 0 Å². The van der Waals surface area contributed by atoms with E-state index in [0.29, 0.717) is 12.1 Å². The minimum atomic E-state index is -0.706. The Hall–Kier alpha value is -2.37. The fourth-order valence-corrected chi connectivity index (χ4v) is 2.09. The molecule has 0 aromatic heterocycles. The van der Waals surface area contributed by atoms with Gasteiger partial charge in [0.15, 0.2) is 11.6 Å². The zero-order chi connectivity index (χ0) is 14.8. The topological polar surface area (TPSA) is 76.7 Å². The molecule has 0 bridgehead atoms. The predicted octanol–water partition coefficient (Wildman–Crippen LogP) is 1.14. The highest BCUT2D eigenvalue weighted by atomic mass is 19.1. The molecule has 1 heterocycles. The number of methoxy groups -OCH3 is 1. The highest BCUT2D eigenvalue weighted by molar-refractivity contribution is 5.96. The first-order chi connectivity index (χ1) is 9.43. The minimum Gasteiger partial charge on any atom is -0.494 e. The van der Waals surface area contributed by atoms with Gasteiger partial charge in [-0.3, -0.25) is 9.79 Å². The molecule has 2 rings (SSSR count). The lowest BCUT2D eigenvalue weighted by Crippen LogP contribution is -2.46. The molecule has 1 amide bonds. The van der Waals surface area contributed by atoms with Gasteiger partial charge in [0.05, 0.1) is 7.11 Å². The van der Waals surface area contributed by atoms with Gasteiger partial charge < -0.3 is 15.8 Å². The van der Waals surface area contributed by atoms with Crippen molar-refractivity contribution in [3.8, 4) is 5.75 Å². The second-order valence-electron chi connectivity index (χ2n) is 4.77. The van der Waals surface area contributed by atoms with Crippen LogP contribution in [0.5, 0.6) is 5.75 Å². The minimum absolute atomic E-state index is 0.177. The molecule has 5 nitrogen and oxygen atoms in total. The number of nitrogens with zero attached hydrogens (tertiary/aromatic N) is 1. The maximum atomic E-state index is 13.4. The molecule has 0 saturated carbocycles. The van der Waals surface area contributed by atoms with Crippen LogP contribution < -0.4 is 15.8 Å². The van der Waals surface area contributed by atoms with Crippen LogP contribution in [0.3, 0.4) is 0 Å². The van der Waals surface area contributed by atoms with Gasteiger partial charge in [-0.15, -0.1) is 0 Å². The van der Waals surface area contributed by atoms with Crippen molar-refractivity contribution in [1.29, 1.82) is 0 Å². The summed E-state index contributed by atoms with van der Waals surface area (Å²) in [6.45, 7) is 1.83. The number of ether oxygens (including phenoxy) is 1. The largest absolute Gasteiger partial charge is 0.494 e. The second-order valence-corrected chi connectivity index (χ2v) is 4.77. The summed E-state index contributed by atoms with van der Waals surface area (Å²) < 4.78 is 18.3. The van der Waals surface area contributed by atoms with E-state index in [9.17, 15) is 9.18 Å². The van der Waals surface area contributed by atoms with E-state index < -0.39 is 17.4 Å². The van der Waals surface area contributed by atoms with Crippen molar-refractivity contribution in [3.05, 3.63) is 41.4 Å². The van der Waals surface area contributed by atoms with Crippen LogP contribution in [0.25, 0.3) is 0 Å². The molecule has 106 valence electrons. The lowest BCUT2D eigenvalue weighted by Gasteiger charge is -2.30. The number of aliphatic imine (C=N–C) groups is 1. The molecule has 20 heavy (non-hydrogen) atoms. The summed E-state index contributed by atoms with van der Waals surface area (Å²) in [7, 11) is 1.41. The highest BCUT2D eigenvalue weighted by Gasteiger charge is 2.27. The fourth-order valence-electron chi connectivity index (χ4n) is 2.09. The summed E-state index contributed by atoms with van der Waals surface area (Å²) in [6.07, 6.45) is 3.53. The normalized spacial score (nSPS) is 21.1. The Morgan fingerprint density at radius 2 is 2.30 bits per heavy atom. The number of primary amides is 1. The number of halogens is 1. The van der Waals surface area contributed by atoms with Crippen LogP contribution in [0.2, 0.25) is 0 Å². The molecule has 6 heteroatoms. The van der Waals surface area contributed by atoms with E-state index in [4.69, 9.17) is 10.5 Å². The lowest BCUT2D eigenvalue weighted by molar-refractivity contribution is -0.115. The number of carbonyl (C=O) groups is 1. The van der Waals surface area contributed by atoms with Gasteiger partial charge in [0, 0.05) is 12.6 Å². The average molecular weight is 277 g/mol. The molecule has 0 spiro atoms. The van der Waals surface area contributed by atoms with Crippen LogP contribution >= 0.6 is 0 Å². The quantitative estimate of drug-likeness (QED) is 0.866. The second kappa shape index (κ2) is 5.32. The van der Waals surface area contributed by atoms with Crippen LogP contribution in [-0.2, 0) is 11.2 Å². The number of amides is 1.